The number of carboxylic acid groups (broad SMARTS) is 1. The van der Waals surface area contributed by atoms with Crippen LogP contribution in [0, 0.1) is 5.41 Å². The van der Waals surface area contributed by atoms with Gasteiger partial charge in [0.2, 0.25) is 0 Å². The molecule has 0 fully saturated rings. The van der Waals surface area contributed by atoms with Crippen molar-refractivity contribution in [2.24, 2.45) is 5.41 Å². The second-order valence-corrected chi connectivity index (χ2v) is 17.6. The van der Waals surface area contributed by atoms with Gasteiger partial charge in [-0.2, -0.15) is 0 Å². The van der Waals surface area contributed by atoms with Crippen molar-refractivity contribution in [1.29, 1.82) is 0 Å². The molecule has 2 aromatic rings. The molecule has 1 amide bonds. The van der Waals surface area contributed by atoms with Gasteiger partial charge >= 0.3 is 12.1 Å². The molecule has 0 saturated carbocycles. The van der Waals surface area contributed by atoms with Crippen LogP contribution in [-0.2, 0) is 44.0 Å². The predicted molar refractivity (Wildman–Crippen MR) is 179 cm³/mol. The number of nitrogens with one attached hydrogen (secondary N) is 1. The first-order valence-electron chi connectivity index (χ1n) is 15.6. The number of amides is 1. The van der Waals surface area contributed by atoms with Crippen LogP contribution in [0.5, 0.6) is 0 Å². The largest absolute Gasteiger partial charge is 0.481 e. The molecular formula is C38H59NO4. The van der Waals surface area contributed by atoms with Crippen molar-refractivity contribution in [3.8, 4) is 0 Å². The second-order valence-electron chi connectivity index (χ2n) is 17.6. The van der Waals surface area contributed by atoms with Gasteiger partial charge in [-0.25, -0.2) is 4.79 Å². The van der Waals surface area contributed by atoms with Crippen LogP contribution in [0.1, 0.15) is 137 Å². The molecule has 240 valence electrons. The maximum atomic E-state index is 13.5. The minimum atomic E-state index is -1.31. The lowest BCUT2D eigenvalue weighted by atomic mass is 9.72. The molecule has 0 aliphatic rings. The van der Waals surface area contributed by atoms with Gasteiger partial charge < -0.3 is 15.2 Å². The summed E-state index contributed by atoms with van der Waals surface area (Å²) < 4.78 is 5.53. The van der Waals surface area contributed by atoms with Crippen molar-refractivity contribution in [1.82, 2.24) is 5.32 Å². The van der Waals surface area contributed by atoms with E-state index < -0.39 is 23.1 Å². The first-order chi connectivity index (χ1) is 19.1. The maximum Gasteiger partial charge on any atom is 0.407 e. The molecule has 2 aromatic carbocycles. The number of hydrogen-bond acceptors (Lipinski definition) is 3. The highest BCUT2D eigenvalue weighted by Crippen LogP contribution is 2.37. The molecule has 0 bridgehead atoms. The molecule has 0 heterocycles. The molecule has 0 aromatic heterocycles. The highest BCUT2D eigenvalue weighted by atomic mass is 16.6. The van der Waals surface area contributed by atoms with Crippen LogP contribution in [0.4, 0.5) is 4.79 Å². The fraction of sp³-hybridized carbons (Fsp3) is 0.632. The number of hydrogen-bond donors (Lipinski definition) is 2. The summed E-state index contributed by atoms with van der Waals surface area (Å²) in [4.78, 5) is 26.3. The Morgan fingerprint density at radius 2 is 0.884 bits per heavy atom. The third-order valence-corrected chi connectivity index (χ3v) is 7.96. The minimum absolute atomic E-state index is 0.0631. The number of ether oxygens (including phenoxy) is 1. The Hall–Kier alpha value is -2.82. The van der Waals surface area contributed by atoms with Gasteiger partial charge in [-0.1, -0.05) is 119 Å². The lowest BCUT2D eigenvalue weighted by molar-refractivity contribution is -0.148. The molecule has 0 radical (unpaired) electrons. The van der Waals surface area contributed by atoms with E-state index >= 15 is 0 Å². The number of carbonyl (C=O) groups is 2. The second kappa shape index (κ2) is 12.3. The molecular weight excluding hydrogens is 534 g/mol. The van der Waals surface area contributed by atoms with Crippen molar-refractivity contribution < 1.29 is 19.4 Å². The Kier molecular flexibility index (Phi) is 10.4. The molecule has 2 rings (SSSR count). The van der Waals surface area contributed by atoms with E-state index in [2.05, 4.69) is 125 Å². The van der Waals surface area contributed by atoms with Gasteiger partial charge in [0.25, 0.3) is 0 Å². The summed E-state index contributed by atoms with van der Waals surface area (Å²) in [5, 5.41) is 13.9. The predicted octanol–water partition coefficient (Wildman–Crippen LogP) is 9.26. The Balaban J connectivity index is 2.79. The van der Waals surface area contributed by atoms with E-state index in [4.69, 9.17) is 4.74 Å². The van der Waals surface area contributed by atoms with Gasteiger partial charge in [0.05, 0.1) is 5.41 Å². The van der Waals surface area contributed by atoms with E-state index in [0.717, 1.165) is 11.1 Å². The molecule has 5 heteroatoms. The van der Waals surface area contributed by atoms with Crippen LogP contribution in [0.2, 0.25) is 0 Å². The summed E-state index contributed by atoms with van der Waals surface area (Å²) in [5.74, 6) is -0.944. The Labute approximate surface area is 262 Å². The van der Waals surface area contributed by atoms with Gasteiger partial charge in [-0.3, -0.25) is 4.79 Å². The SMILES string of the molecule is CC(C)(C)OC(=O)NCC(Cc1cc(C(C)(C)C)cc(C(C)(C)C)c1)(Cc1cc(C(C)(C)C)cc(C(C)(C)C)c1)C(=O)O. The average Bonchev–Trinajstić information content (AvgIpc) is 2.78. The number of rotatable bonds is 7. The molecule has 43 heavy (non-hydrogen) atoms. The monoisotopic (exact) mass is 593 g/mol. The Bertz CT molecular complexity index is 1160. The molecule has 0 aliphatic carbocycles. The van der Waals surface area contributed by atoms with Crippen molar-refractivity contribution in [2.45, 2.75) is 144 Å². The smallest absolute Gasteiger partial charge is 0.407 e. The quantitative estimate of drug-likeness (QED) is 0.335. The summed E-state index contributed by atoms with van der Waals surface area (Å²) in [6.45, 7) is 31.5. The van der Waals surface area contributed by atoms with Crippen LogP contribution < -0.4 is 5.32 Å². The molecule has 0 spiro atoms. The van der Waals surface area contributed by atoms with E-state index in [1.807, 2.05) is 0 Å². The number of benzene rings is 2. The summed E-state index contributed by atoms with van der Waals surface area (Å²) >= 11 is 0. The third kappa shape index (κ3) is 10.4. The first kappa shape index (κ1) is 36.4. The standard InChI is InChI=1S/C38H59NO4/c1-33(2,3)27-16-25(17-28(20-27)34(4,5)6)22-38(31(40)41,24-39-32(42)43-37(13,14)15)23-26-18-29(35(7,8)9)21-30(19-26)36(10,11)12/h16-21H,22-24H2,1-15H3,(H,39,42)(H,40,41). The number of aliphatic carboxylic acids is 1. The van der Waals surface area contributed by atoms with Crippen molar-refractivity contribution in [3.05, 3.63) is 69.8 Å². The molecule has 2 N–H and O–H groups in total. The van der Waals surface area contributed by atoms with E-state index in [1.165, 1.54) is 22.3 Å². The minimum Gasteiger partial charge on any atom is -0.481 e. The highest BCUT2D eigenvalue weighted by molar-refractivity contribution is 5.77. The van der Waals surface area contributed by atoms with Crippen LogP contribution in [0.25, 0.3) is 0 Å². The van der Waals surface area contributed by atoms with Gasteiger partial charge in [0, 0.05) is 6.54 Å². The van der Waals surface area contributed by atoms with Crippen LogP contribution in [0.3, 0.4) is 0 Å². The zero-order valence-electron chi connectivity index (χ0n) is 29.8. The van der Waals surface area contributed by atoms with Crippen LogP contribution >= 0.6 is 0 Å². The fourth-order valence-corrected chi connectivity index (χ4v) is 5.07. The maximum absolute atomic E-state index is 13.5. The normalized spacial score (nSPS) is 13.6. The molecule has 0 unspecified atom stereocenters. The summed E-state index contributed by atoms with van der Waals surface area (Å²) in [6, 6.07) is 13.1. The van der Waals surface area contributed by atoms with Crippen LogP contribution in [-0.4, -0.2) is 29.3 Å². The first-order valence-corrected chi connectivity index (χ1v) is 15.6. The molecule has 5 nitrogen and oxygen atoms in total. The highest BCUT2D eigenvalue weighted by Gasteiger charge is 2.41. The molecule has 0 atom stereocenters. The Morgan fingerprint density at radius 1 is 0.581 bits per heavy atom. The molecule has 0 aliphatic heterocycles. The van der Waals surface area contributed by atoms with Gasteiger partial charge in [0.15, 0.2) is 0 Å². The van der Waals surface area contributed by atoms with Crippen LogP contribution in [0.15, 0.2) is 36.4 Å². The van der Waals surface area contributed by atoms with E-state index in [1.54, 1.807) is 20.8 Å². The third-order valence-electron chi connectivity index (χ3n) is 7.96. The number of alkyl carbamates (subject to hydrolysis) is 1. The van der Waals surface area contributed by atoms with Gasteiger partial charge in [0.1, 0.15) is 5.60 Å². The summed E-state index contributed by atoms with van der Waals surface area (Å²) in [5.41, 5.74) is 4.12. The summed E-state index contributed by atoms with van der Waals surface area (Å²) in [6.07, 6.45) is -0.0957. The fourth-order valence-electron chi connectivity index (χ4n) is 5.07. The molecule has 0 saturated heterocycles. The topological polar surface area (TPSA) is 75.6 Å². The van der Waals surface area contributed by atoms with Crippen molar-refractivity contribution >= 4 is 12.1 Å². The van der Waals surface area contributed by atoms with Crippen molar-refractivity contribution in [3.63, 3.8) is 0 Å². The average molecular weight is 594 g/mol. The van der Waals surface area contributed by atoms with E-state index in [9.17, 15) is 14.7 Å². The number of carboxylic acids is 1. The van der Waals surface area contributed by atoms with Crippen molar-refractivity contribution in [2.75, 3.05) is 6.54 Å². The van der Waals surface area contributed by atoms with Gasteiger partial charge in [-0.05, 0) is 88.7 Å². The van der Waals surface area contributed by atoms with E-state index in [-0.39, 0.29) is 41.0 Å². The summed E-state index contributed by atoms with van der Waals surface area (Å²) in [7, 11) is 0. The zero-order valence-corrected chi connectivity index (χ0v) is 29.8. The Morgan fingerprint density at radius 3 is 1.12 bits per heavy atom. The number of carbonyl (C=O) groups excluding carboxylic acids is 1. The zero-order chi connectivity index (χ0) is 33.4. The lowest BCUT2D eigenvalue weighted by Crippen LogP contribution is -2.47. The van der Waals surface area contributed by atoms with E-state index in [0.29, 0.717) is 0 Å². The lowest BCUT2D eigenvalue weighted by Gasteiger charge is -2.33. The van der Waals surface area contributed by atoms with Gasteiger partial charge in [-0.15, -0.1) is 0 Å².